The molecule has 1 saturated heterocycles. The van der Waals surface area contributed by atoms with Crippen LogP contribution in [0.4, 0.5) is 0 Å². The van der Waals surface area contributed by atoms with Crippen molar-refractivity contribution in [2.75, 3.05) is 41.4 Å². The Balaban J connectivity index is 2.15. The highest BCUT2D eigenvalue weighted by Crippen LogP contribution is 2.28. The van der Waals surface area contributed by atoms with Crippen LogP contribution in [-0.4, -0.2) is 68.5 Å². The second-order valence-electron chi connectivity index (χ2n) is 5.91. The van der Waals surface area contributed by atoms with Crippen LogP contribution in [0.25, 0.3) is 0 Å². The molecule has 2 unspecified atom stereocenters. The van der Waals surface area contributed by atoms with Gasteiger partial charge in [0.2, 0.25) is 0 Å². The minimum atomic E-state index is -0.244. The quantitative estimate of drug-likeness (QED) is 0.854. The highest BCUT2D eigenvalue weighted by atomic mass is 16.5. The van der Waals surface area contributed by atoms with Crippen LogP contribution in [0.15, 0.2) is 18.2 Å². The summed E-state index contributed by atoms with van der Waals surface area (Å²) in [7, 11) is 7.48. The van der Waals surface area contributed by atoms with Gasteiger partial charge in [-0.1, -0.05) is 0 Å². The highest BCUT2D eigenvalue weighted by Gasteiger charge is 2.31. The minimum absolute atomic E-state index is 0.244. The number of ether oxygens (including phenoxy) is 2. The molecule has 1 aliphatic rings. The van der Waals surface area contributed by atoms with Gasteiger partial charge in [0.25, 0.3) is 0 Å². The van der Waals surface area contributed by atoms with Gasteiger partial charge in [0.1, 0.15) is 11.5 Å². The molecule has 2 rings (SSSR count). The molecule has 0 saturated carbocycles. The van der Waals surface area contributed by atoms with E-state index < -0.39 is 0 Å². The third kappa shape index (κ3) is 4.09. The van der Waals surface area contributed by atoms with Crippen molar-refractivity contribution >= 4 is 0 Å². The van der Waals surface area contributed by atoms with Gasteiger partial charge in [0, 0.05) is 31.2 Å². The van der Waals surface area contributed by atoms with E-state index in [4.69, 9.17) is 9.47 Å². The predicted molar refractivity (Wildman–Crippen MR) is 82.9 cm³/mol. The van der Waals surface area contributed by atoms with E-state index in [2.05, 4.69) is 23.9 Å². The van der Waals surface area contributed by atoms with Crippen molar-refractivity contribution in [3.05, 3.63) is 23.8 Å². The molecule has 1 aromatic rings. The number of hydrogen-bond acceptors (Lipinski definition) is 5. The number of likely N-dealkylation sites (N-methyl/N-ethyl adjacent to an activating group) is 1. The molecule has 5 nitrogen and oxygen atoms in total. The second kappa shape index (κ2) is 7.11. The Morgan fingerprint density at radius 1 is 1.29 bits per heavy atom. The van der Waals surface area contributed by atoms with Gasteiger partial charge in [-0.15, -0.1) is 0 Å². The van der Waals surface area contributed by atoms with Gasteiger partial charge in [-0.25, -0.2) is 0 Å². The molecule has 0 aromatic heterocycles. The van der Waals surface area contributed by atoms with Crippen LogP contribution in [0.3, 0.4) is 0 Å². The molecule has 5 heteroatoms. The number of aliphatic hydroxyl groups is 1. The molecule has 1 heterocycles. The van der Waals surface area contributed by atoms with E-state index in [-0.39, 0.29) is 6.10 Å². The van der Waals surface area contributed by atoms with Crippen molar-refractivity contribution in [3.63, 3.8) is 0 Å². The number of β-amino-alcohol motifs (C(OH)–C–C–N with tert-alkyl or cyclic N) is 1. The SMILES string of the molecule is COc1ccc(OC)c(CN2CC(O)CC2CN(C)C)c1. The first kappa shape index (κ1) is 16.1. The monoisotopic (exact) mass is 294 g/mol. The molecule has 21 heavy (non-hydrogen) atoms. The van der Waals surface area contributed by atoms with E-state index in [1.165, 1.54) is 0 Å². The maximum atomic E-state index is 9.97. The number of nitrogens with zero attached hydrogens (tertiary/aromatic N) is 2. The third-order valence-electron chi connectivity index (χ3n) is 3.94. The van der Waals surface area contributed by atoms with Gasteiger partial charge in [0.05, 0.1) is 20.3 Å². The minimum Gasteiger partial charge on any atom is -0.497 e. The Bertz CT molecular complexity index is 465. The molecule has 118 valence electrons. The molecule has 1 fully saturated rings. The van der Waals surface area contributed by atoms with Crippen molar-refractivity contribution in [1.82, 2.24) is 9.80 Å². The van der Waals surface area contributed by atoms with Crippen LogP contribution in [0.5, 0.6) is 11.5 Å². The predicted octanol–water partition coefficient (Wildman–Crippen LogP) is 1.20. The van der Waals surface area contributed by atoms with Crippen molar-refractivity contribution in [2.24, 2.45) is 0 Å². The standard InChI is InChI=1S/C16H26N2O3/c1-17(2)10-13-8-14(19)11-18(13)9-12-7-15(20-3)5-6-16(12)21-4/h5-7,13-14,19H,8-11H2,1-4H3. The Morgan fingerprint density at radius 3 is 2.67 bits per heavy atom. The summed E-state index contributed by atoms with van der Waals surface area (Å²) >= 11 is 0. The third-order valence-corrected chi connectivity index (χ3v) is 3.94. The maximum absolute atomic E-state index is 9.97. The van der Waals surface area contributed by atoms with E-state index in [0.29, 0.717) is 12.6 Å². The molecule has 0 aliphatic carbocycles. The lowest BCUT2D eigenvalue weighted by molar-refractivity contribution is 0.168. The first-order valence-corrected chi connectivity index (χ1v) is 7.31. The second-order valence-corrected chi connectivity index (χ2v) is 5.91. The van der Waals surface area contributed by atoms with E-state index in [0.717, 1.165) is 36.6 Å². The molecular weight excluding hydrogens is 268 g/mol. The van der Waals surface area contributed by atoms with Crippen LogP contribution >= 0.6 is 0 Å². The maximum Gasteiger partial charge on any atom is 0.123 e. The zero-order valence-electron chi connectivity index (χ0n) is 13.4. The summed E-state index contributed by atoms with van der Waals surface area (Å²) in [4.78, 5) is 4.49. The summed E-state index contributed by atoms with van der Waals surface area (Å²) < 4.78 is 10.7. The molecule has 2 atom stereocenters. The van der Waals surface area contributed by atoms with Crippen LogP contribution in [0, 0.1) is 0 Å². The van der Waals surface area contributed by atoms with Crippen LogP contribution < -0.4 is 9.47 Å². The zero-order valence-corrected chi connectivity index (χ0v) is 13.4. The summed E-state index contributed by atoms with van der Waals surface area (Å²) in [6, 6.07) is 6.21. The number of likely N-dealkylation sites (tertiary alicyclic amines) is 1. The summed E-state index contributed by atoms with van der Waals surface area (Å²) in [5, 5.41) is 9.97. The number of aliphatic hydroxyl groups excluding tert-OH is 1. The number of hydrogen-bond donors (Lipinski definition) is 1. The van der Waals surface area contributed by atoms with E-state index in [1.807, 2.05) is 18.2 Å². The molecule has 1 aliphatic heterocycles. The lowest BCUT2D eigenvalue weighted by atomic mass is 10.1. The molecule has 0 radical (unpaired) electrons. The molecular formula is C16H26N2O3. The highest BCUT2D eigenvalue weighted by molar-refractivity contribution is 5.40. The number of benzene rings is 1. The first-order valence-electron chi connectivity index (χ1n) is 7.31. The summed E-state index contributed by atoms with van der Waals surface area (Å²) in [5.74, 6) is 1.69. The molecule has 0 spiro atoms. The molecule has 0 bridgehead atoms. The Morgan fingerprint density at radius 2 is 2.05 bits per heavy atom. The van der Waals surface area contributed by atoms with Gasteiger partial charge in [-0.2, -0.15) is 0 Å². The fourth-order valence-corrected chi connectivity index (χ4v) is 2.99. The lowest BCUT2D eigenvalue weighted by Gasteiger charge is -2.27. The van der Waals surface area contributed by atoms with Gasteiger partial charge in [-0.05, 0) is 38.7 Å². The van der Waals surface area contributed by atoms with Gasteiger partial charge in [0.15, 0.2) is 0 Å². The Labute approximate surface area is 127 Å². The fourth-order valence-electron chi connectivity index (χ4n) is 2.99. The van der Waals surface area contributed by atoms with Gasteiger partial charge >= 0.3 is 0 Å². The largest absolute Gasteiger partial charge is 0.497 e. The van der Waals surface area contributed by atoms with Crippen molar-refractivity contribution in [3.8, 4) is 11.5 Å². The Kier molecular flexibility index (Phi) is 5.45. The van der Waals surface area contributed by atoms with E-state index in [9.17, 15) is 5.11 Å². The average Bonchev–Trinajstić information content (AvgIpc) is 2.77. The van der Waals surface area contributed by atoms with Crippen LogP contribution in [0.2, 0.25) is 0 Å². The molecule has 1 N–H and O–H groups in total. The van der Waals surface area contributed by atoms with Crippen LogP contribution in [0.1, 0.15) is 12.0 Å². The van der Waals surface area contributed by atoms with Crippen molar-refractivity contribution in [2.45, 2.75) is 25.1 Å². The Hall–Kier alpha value is -1.30. The fraction of sp³-hybridized carbons (Fsp3) is 0.625. The summed E-state index contributed by atoms with van der Waals surface area (Å²) in [5.41, 5.74) is 1.09. The van der Waals surface area contributed by atoms with E-state index in [1.54, 1.807) is 14.2 Å². The van der Waals surface area contributed by atoms with E-state index >= 15 is 0 Å². The van der Waals surface area contributed by atoms with Crippen molar-refractivity contribution < 1.29 is 14.6 Å². The molecule has 1 aromatic carbocycles. The number of rotatable bonds is 6. The van der Waals surface area contributed by atoms with Crippen molar-refractivity contribution in [1.29, 1.82) is 0 Å². The first-order chi connectivity index (χ1) is 10.0. The summed E-state index contributed by atoms with van der Waals surface area (Å²) in [6.07, 6.45) is 0.580. The molecule has 0 amide bonds. The topological polar surface area (TPSA) is 45.2 Å². The zero-order chi connectivity index (χ0) is 15.4. The van der Waals surface area contributed by atoms with Gasteiger partial charge < -0.3 is 19.5 Å². The lowest BCUT2D eigenvalue weighted by Crippen LogP contribution is -2.37. The number of methoxy groups -OCH3 is 2. The normalized spacial score (nSPS) is 22.8. The van der Waals surface area contributed by atoms with Gasteiger partial charge in [-0.3, -0.25) is 4.90 Å². The summed E-state index contributed by atoms with van der Waals surface area (Å²) in [6.45, 7) is 2.41. The smallest absolute Gasteiger partial charge is 0.123 e. The van der Waals surface area contributed by atoms with Crippen LogP contribution in [-0.2, 0) is 6.54 Å². The average molecular weight is 294 g/mol.